The van der Waals surface area contributed by atoms with Crippen LogP contribution in [0.4, 0.5) is 22.2 Å². The molecule has 3 heterocycles. The number of hydrazone groups is 1. The number of ether oxygens (including phenoxy) is 3. The summed E-state index contributed by atoms with van der Waals surface area (Å²) < 4.78 is 29.3. The summed E-state index contributed by atoms with van der Waals surface area (Å²) in [6.45, 7) is 5.29. The number of nitrogens with one attached hydrogen (secondary N) is 1. The summed E-state index contributed by atoms with van der Waals surface area (Å²) in [6, 6.07) is 12.0. The van der Waals surface area contributed by atoms with E-state index >= 15 is 0 Å². The highest BCUT2D eigenvalue weighted by Crippen LogP contribution is 2.19. The van der Waals surface area contributed by atoms with Crippen molar-refractivity contribution in [3.05, 3.63) is 65.5 Å². The van der Waals surface area contributed by atoms with Crippen molar-refractivity contribution in [1.29, 1.82) is 0 Å². The van der Waals surface area contributed by atoms with Gasteiger partial charge in [0.25, 0.3) is 0 Å². The van der Waals surface area contributed by atoms with Crippen LogP contribution in [0.25, 0.3) is 0 Å². The number of halogens is 1. The molecule has 2 aliphatic heterocycles. The first-order chi connectivity index (χ1) is 18.1. The van der Waals surface area contributed by atoms with Crippen LogP contribution in [0, 0.1) is 5.82 Å². The minimum absolute atomic E-state index is 0.265. The van der Waals surface area contributed by atoms with Gasteiger partial charge in [-0.3, -0.25) is 0 Å². The number of nitrogens with zero attached hydrogens (tertiary/aromatic N) is 6. The number of anilines is 3. The lowest BCUT2D eigenvalue weighted by Gasteiger charge is -2.30. The van der Waals surface area contributed by atoms with Gasteiger partial charge in [0.1, 0.15) is 11.6 Å². The molecule has 0 spiro atoms. The molecule has 0 radical (unpaired) electrons. The van der Waals surface area contributed by atoms with E-state index in [4.69, 9.17) is 14.2 Å². The summed E-state index contributed by atoms with van der Waals surface area (Å²) in [5, 5.41) is 4.27. The van der Waals surface area contributed by atoms with Gasteiger partial charge < -0.3 is 24.0 Å². The second-order valence-electron chi connectivity index (χ2n) is 8.29. The van der Waals surface area contributed by atoms with Crippen LogP contribution in [0.3, 0.4) is 0 Å². The number of hydrogen-bond acceptors (Lipinski definition) is 11. The molecule has 2 aromatic carbocycles. The molecule has 192 valence electrons. The van der Waals surface area contributed by atoms with Crippen LogP contribution in [-0.4, -0.2) is 79.7 Å². The lowest BCUT2D eigenvalue weighted by molar-refractivity contribution is 0.0734. The summed E-state index contributed by atoms with van der Waals surface area (Å²) in [4.78, 5) is 30.1. The standard InChI is InChI=1S/C25H26FN7O4/c26-20-5-3-19(4-6-20)22(34)37-21-7-1-18(2-8-21)17-27-31-23-28-24(32-9-13-35-14-10-32)30-25(29-23)33-11-15-36-16-12-33/h1-8,17H,9-16H2,(H,28,29,30,31)/b27-17+. The van der Waals surface area contributed by atoms with Crippen molar-refractivity contribution in [3.8, 4) is 5.75 Å². The highest BCUT2D eigenvalue weighted by molar-refractivity contribution is 5.91. The number of morpholine rings is 2. The zero-order valence-corrected chi connectivity index (χ0v) is 20.0. The molecular formula is C25H26FN7O4. The van der Waals surface area contributed by atoms with E-state index in [1.165, 1.54) is 24.3 Å². The van der Waals surface area contributed by atoms with E-state index < -0.39 is 11.8 Å². The Morgan fingerprint density at radius 3 is 2.00 bits per heavy atom. The maximum atomic E-state index is 13.0. The Hall–Kier alpha value is -4.16. The Kier molecular flexibility index (Phi) is 7.77. The van der Waals surface area contributed by atoms with Gasteiger partial charge in [0.05, 0.1) is 38.2 Å². The smallest absolute Gasteiger partial charge is 0.343 e. The van der Waals surface area contributed by atoms with Gasteiger partial charge in [0.15, 0.2) is 0 Å². The van der Waals surface area contributed by atoms with Crippen molar-refractivity contribution in [3.63, 3.8) is 0 Å². The topological polar surface area (TPSA) is 114 Å². The molecule has 0 saturated carbocycles. The maximum Gasteiger partial charge on any atom is 0.343 e. The van der Waals surface area contributed by atoms with E-state index in [1.807, 2.05) is 0 Å². The van der Waals surface area contributed by atoms with E-state index in [9.17, 15) is 9.18 Å². The van der Waals surface area contributed by atoms with E-state index in [0.717, 1.165) is 5.56 Å². The van der Waals surface area contributed by atoms with Gasteiger partial charge >= 0.3 is 5.97 Å². The van der Waals surface area contributed by atoms with Gasteiger partial charge in [0.2, 0.25) is 17.8 Å². The van der Waals surface area contributed by atoms with Crippen molar-refractivity contribution in [2.24, 2.45) is 5.10 Å². The van der Waals surface area contributed by atoms with Crippen LogP contribution >= 0.6 is 0 Å². The van der Waals surface area contributed by atoms with Crippen LogP contribution in [0.2, 0.25) is 0 Å². The second kappa shape index (κ2) is 11.7. The number of benzene rings is 2. The first kappa shape index (κ1) is 24.5. The highest BCUT2D eigenvalue weighted by Gasteiger charge is 2.20. The number of carbonyl (C=O) groups excluding carboxylic acids is 1. The Labute approximate surface area is 212 Å². The first-order valence-corrected chi connectivity index (χ1v) is 11.9. The van der Waals surface area contributed by atoms with E-state index in [1.54, 1.807) is 30.5 Å². The molecule has 3 aromatic rings. The van der Waals surface area contributed by atoms with Crippen molar-refractivity contribution in [1.82, 2.24) is 15.0 Å². The minimum atomic E-state index is -0.565. The van der Waals surface area contributed by atoms with Gasteiger partial charge in [-0.05, 0) is 54.1 Å². The molecule has 2 fully saturated rings. The van der Waals surface area contributed by atoms with Crippen molar-refractivity contribution >= 4 is 30.0 Å². The monoisotopic (exact) mass is 507 g/mol. The van der Waals surface area contributed by atoms with Crippen molar-refractivity contribution < 1.29 is 23.4 Å². The quantitative estimate of drug-likeness (QED) is 0.221. The average Bonchev–Trinajstić information content (AvgIpc) is 2.95. The normalized spacial score (nSPS) is 16.1. The Morgan fingerprint density at radius 2 is 1.43 bits per heavy atom. The Balaban J connectivity index is 1.24. The largest absolute Gasteiger partial charge is 0.423 e. The number of carbonyl (C=O) groups is 1. The lowest BCUT2D eigenvalue weighted by atomic mass is 10.2. The molecule has 5 rings (SSSR count). The Morgan fingerprint density at radius 1 is 0.865 bits per heavy atom. The van der Waals surface area contributed by atoms with Crippen molar-refractivity contribution in [2.75, 3.05) is 67.8 Å². The number of hydrogen-bond donors (Lipinski definition) is 1. The SMILES string of the molecule is O=C(Oc1ccc(/C=N/Nc2nc(N3CCOCC3)nc(N3CCOCC3)n2)cc1)c1ccc(F)cc1. The second-order valence-corrected chi connectivity index (χ2v) is 8.29. The van der Waals surface area contributed by atoms with Crippen LogP contribution in [0.5, 0.6) is 5.75 Å². The summed E-state index contributed by atoms with van der Waals surface area (Å²) >= 11 is 0. The summed E-state index contributed by atoms with van der Waals surface area (Å²) in [5.41, 5.74) is 3.93. The molecular weight excluding hydrogens is 481 g/mol. The molecule has 2 aliphatic rings. The van der Waals surface area contributed by atoms with Crippen LogP contribution in [0.1, 0.15) is 15.9 Å². The van der Waals surface area contributed by atoms with Gasteiger partial charge in [0, 0.05) is 26.2 Å². The third-order valence-corrected chi connectivity index (χ3v) is 5.75. The zero-order valence-electron chi connectivity index (χ0n) is 20.0. The first-order valence-electron chi connectivity index (χ1n) is 11.9. The van der Waals surface area contributed by atoms with Gasteiger partial charge in [-0.15, -0.1) is 0 Å². The molecule has 12 heteroatoms. The van der Waals surface area contributed by atoms with Gasteiger partial charge in [-0.1, -0.05) is 0 Å². The van der Waals surface area contributed by atoms with Gasteiger partial charge in [-0.25, -0.2) is 14.6 Å². The van der Waals surface area contributed by atoms with E-state index in [-0.39, 0.29) is 5.56 Å². The molecule has 0 aliphatic carbocycles. The average molecular weight is 508 g/mol. The predicted octanol–water partition coefficient (Wildman–Crippen LogP) is 2.35. The molecule has 0 atom stereocenters. The maximum absolute atomic E-state index is 13.0. The number of rotatable bonds is 7. The van der Waals surface area contributed by atoms with Crippen LogP contribution in [-0.2, 0) is 9.47 Å². The third-order valence-electron chi connectivity index (χ3n) is 5.75. The van der Waals surface area contributed by atoms with E-state index in [0.29, 0.717) is 76.2 Å². The molecule has 0 bridgehead atoms. The molecule has 2 saturated heterocycles. The molecule has 1 N–H and O–H groups in total. The van der Waals surface area contributed by atoms with Crippen LogP contribution in [0.15, 0.2) is 53.6 Å². The number of esters is 1. The van der Waals surface area contributed by atoms with E-state index in [2.05, 4.69) is 35.3 Å². The molecule has 37 heavy (non-hydrogen) atoms. The highest BCUT2D eigenvalue weighted by atomic mass is 19.1. The molecule has 11 nitrogen and oxygen atoms in total. The predicted molar refractivity (Wildman–Crippen MR) is 135 cm³/mol. The fourth-order valence-electron chi connectivity index (χ4n) is 3.75. The fraction of sp³-hybridized carbons (Fsp3) is 0.320. The number of aromatic nitrogens is 3. The summed E-state index contributed by atoms with van der Waals surface area (Å²) in [6.07, 6.45) is 1.61. The molecule has 0 unspecified atom stereocenters. The minimum Gasteiger partial charge on any atom is -0.423 e. The zero-order chi connectivity index (χ0) is 25.5. The fourth-order valence-corrected chi connectivity index (χ4v) is 3.75. The Bertz CT molecular complexity index is 1190. The third kappa shape index (κ3) is 6.54. The molecule has 1 aromatic heterocycles. The lowest BCUT2D eigenvalue weighted by Crippen LogP contribution is -2.40. The van der Waals surface area contributed by atoms with Crippen LogP contribution < -0.4 is 20.0 Å². The summed E-state index contributed by atoms with van der Waals surface area (Å²) in [5.74, 6) is 0.863. The van der Waals surface area contributed by atoms with Crippen molar-refractivity contribution in [2.45, 2.75) is 0 Å². The molecule has 0 amide bonds. The van der Waals surface area contributed by atoms with Gasteiger partial charge in [-0.2, -0.15) is 20.1 Å². The summed E-state index contributed by atoms with van der Waals surface area (Å²) in [7, 11) is 0.